The minimum atomic E-state index is -0.905. The molecule has 1 aliphatic rings. The van der Waals surface area contributed by atoms with Crippen molar-refractivity contribution in [3.05, 3.63) is 0 Å². The van der Waals surface area contributed by atoms with Gasteiger partial charge in [0.15, 0.2) is 0 Å². The van der Waals surface area contributed by atoms with Crippen molar-refractivity contribution in [2.75, 3.05) is 13.1 Å². The van der Waals surface area contributed by atoms with Gasteiger partial charge in [0, 0.05) is 6.42 Å². The Hall–Kier alpha value is -1.10. The first kappa shape index (κ1) is 13.0. The Balaban J connectivity index is 2.35. The van der Waals surface area contributed by atoms with Crippen molar-refractivity contribution < 1.29 is 19.4 Å². The van der Waals surface area contributed by atoms with Gasteiger partial charge in [-0.25, -0.2) is 4.79 Å². The third-order valence-corrected chi connectivity index (χ3v) is 2.35. The number of amides is 1. The van der Waals surface area contributed by atoms with E-state index in [0.29, 0.717) is 12.8 Å². The molecule has 1 saturated heterocycles. The summed E-state index contributed by atoms with van der Waals surface area (Å²) < 4.78 is 5.15. The number of carbonyl (C=O) groups excluding carboxylic acids is 2. The van der Waals surface area contributed by atoms with Gasteiger partial charge in [0.1, 0.15) is 17.5 Å². The fourth-order valence-electron chi connectivity index (χ4n) is 1.61. The molecule has 1 rings (SSSR count). The maximum Gasteiger partial charge on any atom is 0.410 e. The molecule has 0 aromatic rings. The zero-order valence-electron chi connectivity index (χ0n) is 10.0. The lowest BCUT2D eigenvalue weighted by molar-refractivity contribution is -0.116. The van der Waals surface area contributed by atoms with Crippen molar-refractivity contribution in [3.63, 3.8) is 0 Å². The lowest BCUT2D eigenvalue weighted by Crippen LogP contribution is -2.64. The molecule has 1 fully saturated rings. The van der Waals surface area contributed by atoms with Gasteiger partial charge in [-0.3, -0.25) is 0 Å². The van der Waals surface area contributed by atoms with E-state index < -0.39 is 17.3 Å². The second-order valence-corrected chi connectivity index (χ2v) is 5.27. The highest BCUT2D eigenvalue weighted by Gasteiger charge is 2.44. The number of aldehydes is 1. The van der Waals surface area contributed by atoms with Crippen LogP contribution < -0.4 is 0 Å². The summed E-state index contributed by atoms with van der Waals surface area (Å²) in [6, 6.07) is 0. The molecule has 0 bridgehead atoms. The number of nitrogens with zero attached hydrogens (tertiary/aromatic N) is 1. The summed E-state index contributed by atoms with van der Waals surface area (Å²) in [7, 11) is 0. The van der Waals surface area contributed by atoms with E-state index in [0.717, 1.165) is 6.29 Å². The fraction of sp³-hybridized carbons (Fsp3) is 0.818. The highest BCUT2D eigenvalue weighted by atomic mass is 16.6. The number of carbonyl (C=O) groups is 2. The summed E-state index contributed by atoms with van der Waals surface area (Å²) in [5.74, 6) is 0. The van der Waals surface area contributed by atoms with Gasteiger partial charge in [0.25, 0.3) is 0 Å². The molecule has 92 valence electrons. The molecule has 0 unspecified atom stereocenters. The molecule has 5 heteroatoms. The smallest absolute Gasteiger partial charge is 0.410 e. The second kappa shape index (κ2) is 4.41. The number of hydrogen-bond donors (Lipinski definition) is 1. The molecular weight excluding hydrogens is 210 g/mol. The first-order valence-corrected chi connectivity index (χ1v) is 5.40. The van der Waals surface area contributed by atoms with Crippen LogP contribution in [0.25, 0.3) is 0 Å². The van der Waals surface area contributed by atoms with E-state index >= 15 is 0 Å². The van der Waals surface area contributed by atoms with E-state index in [1.54, 1.807) is 20.8 Å². The first-order chi connectivity index (χ1) is 7.26. The SMILES string of the molecule is CC(C)(C)OC(=O)N1CC(O)(CCC=O)C1. The monoisotopic (exact) mass is 229 g/mol. The van der Waals surface area contributed by atoms with Crippen molar-refractivity contribution in [1.29, 1.82) is 0 Å². The number of ether oxygens (including phenoxy) is 1. The molecule has 0 aromatic heterocycles. The predicted molar refractivity (Wildman–Crippen MR) is 58.1 cm³/mol. The molecule has 0 aromatic carbocycles. The molecular formula is C11H19NO4. The van der Waals surface area contributed by atoms with Gasteiger partial charge in [-0.1, -0.05) is 0 Å². The molecule has 0 atom stereocenters. The molecule has 1 heterocycles. The largest absolute Gasteiger partial charge is 0.444 e. The Morgan fingerprint density at radius 1 is 1.50 bits per heavy atom. The van der Waals surface area contributed by atoms with Gasteiger partial charge in [-0.05, 0) is 27.2 Å². The molecule has 0 aliphatic carbocycles. The second-order valence-electron chi connectivity index (χ2n) is 5.27. The molecule has 0 saturated carbocycles. The Morgan fingerprint density at radius 2 is 2.06 bits per heavy atom. The average molecular weight is 229 g/mol. The number of hydrogen-bond acceptors (Lipinski definition) is 4. The Kier molecular flexibility index (Phi) is 3.57. The standard InChI is InChI=1S/C11H19NO4/c1-10(2,3)16-9(14)12-7-11(15,8-12)5-4-6-13/h6,15H,4-5,7-8H2,1-3H3. The van der Waals surface area contributed by atoms with Crippen LogP contribution >= 0.6 is 0 Å². The van der Waals surface area contributed by atoms with Gasteiger partial charge < -0.3 is 19.5 Å². The topological polar surface area (TPSA) is 66.8 Å². The van der Waals surface area contributed by atoms with E-state index in [1.165, 1.54) is 4.90 Å². The van der Waals surface area contributed by atoms with Crippen LogP contribution in [0.3, 0.4) is 0 Å². The van der Waals surface area contributed by atoms with Crippen molar-refractivity contribution in [3.8, 4) is 0 Å². The summed E-state index contributed by atoms with van der Waals surface area (Å²) in [6.07, 6.45) is 1.08. The molecule has 16 heavy (non-hydrogen) atoms. The van der Waals surface area contributed by atoms with Crippen molar-refractivity contribution in [2.24, 2.45) is 0 Å². The van der Waals surface area contributed by atoms with E-state index in [-0.39, 0.29) is 13.1 Å². The van der Waals surface area contributed by atoms with Crippen LogP contribution in [0.4, 0.5) is 4.79 Å². The zero-order chi connectivity index (χ0) is 12.4. The lowest BCUT2D eigenvalue weighted by Gasteiger charge is -2.46. The number of aliphatic hydroxyl groups is 1. The number of β-amino-alcohol motifs (C(OH)–C–C–N with tert-alkyl or cyclic N) is 1. The number of rotatable bonds is 3. The molecule has 0 radical (unpaired) electrons. The maximum atomic E-state index is 11.5. The lowest BCUT2D eigenvalue weighted by atomic mass is 9.90. The molecule has 0 spiro atoms. The van der Waals surface area contributed by atoms with Crippen molar-refractivity contribution >= 4 is 12.4 Å². The summed E-state index contributed by atoms with van der Waals surface area (Å²) in [5, 5.41) is 9.85. The van der Waals surface area contributed by atoms with E-state index in [4.69, 9.17) is 4.74 Å². The number of likely N-dealkylation sites (tertiary alicyclic amines) is 1. The maximum absolute atomic E-state index is 11.5. The van der Waals surface area contributed by atoms with Crippen LogP contribution in [0, 0.1) is 0 Å². The van der Waals surface area contributed by atoms with Crippen molar-refractivity contribution in [2.45, 2.75) is 44.8 Å². The van der Waals surface area contributed by atoms with Gasteiger partial charge >= 0.3 is 6.09 Å². The Bertz CT molecular complexity index is 276. The van der Waals surface area contributed by atoms with Gasteiger partial charge in [-0.15, -0.1) is 0 Å². The fourth-order valence-corrected chi connectivity index (χ4v) is 1.61. The van der Waals surface area contributed by atoms with Crippen LogP contribution in [0.2, 0.25) is 0 Å². The van der Waals surface area contributed by atoms with Gasteiger partial charge in [-0.2, -0.15) is 0 Å². The predicted octanol–water partition coefficient (Wildman–Crippen LogP) is 0.947. The normalized spacial score (nSPS) is 18.9. The quantitative estimate of drug-likeness (QED) is 0.732. The Morgan fingerprint density at radius 3 is 2.50 bits per heavy atom. The molecule has 5 nitrogen and oxygen atoms in total. The third kappa shape index (κ3) is 3.48. The van der Waals surface area contributed by atoms with Gasteiger partial charge in [0.05, 0.1) is 13.1 Å². The van der Waals surface area contributed by atoms with Crippen molar-refractivity contribution in [1.82, 2.24) is 4.90 Å². The molecule has 1 amide bonds. The minimum absolute atomic E-state index is 0.246. The Labute approximate surface area is 95.4 Å². The van der Waals surface area contributed by atoms with Crippen LogP contribution in [0.15, 0.2) is 0 Å². The summed E-state index contributed by atoms with van der Waals surface area (Å²) in [4.78, 5) is 23.1. The van der Waals surface area contributed by atoms with Crippen LogP contribution in [0.1, 0.15) is 33.6 Å². The highest BCUT2D eigenvalue weighted by Crippen LogP contribution is 2.26. The molecule has 1 aliphatic heterocycles. The van der Waals surface area contributed by atoms with Crippen LogP contribution in [-0.4, -0.2) is 46.7 Å². The summed E-state index contributed by atoms with van der Waals surface area (Å²) in [5.41, 5.74) is -1.43. The van der Waals surface area contributed by atoms with Crippen LogP contribution in [0.5, 0.6) is 0 Å². The summed E-state index contributed by atoms with van der Waals surface area (Å²) in [6.45, 7) is 5.88. The zero-order valence-corrected chi connectivity index (χ0v) is 10.0. The summed E-state index contributed by atoms with van der Waals surface area (Å²) >= 11 is 0. The first-order valence-electron chi connectivity index (χ1n) is 5.40. The van der Waals surface area contributed by atoms with Crippen LogP contribution in [-0.2, 0) is 9.53 Å². The van der Waals surface area contributed by atoms with E-state index in [1.807, 2.05) is 0 Å². The minimum Gasteiger partial charge on any atom is -0.444 e. The van der Waals surface area contributed by atoms with E-state index in [2.05, 4.69) is 0 Å². The third-order valence-electron chi connectivity index (χ3n) is 2.35. The van der Waals surface area contributed by atoms with Gasteiger partial charge in [0.2, 0.25) is 0 Å². The average Bonchev–Trinajstić information content (AvgIpc) is 2.07. The van der Waals surface area contributed by atoms with E-state index in [9.17, 15) is 14.7 Å². The highest BCUT2D eigenvalue weighted by molar-refractivity contribution is 5.69. The molecule has 1 N–H and O–H groups in total.